The maximum atomic E-state index is 8.75. The monoisotopic (exact) mass is 215 g/mol. The van der Waals surface area contributed by atoms with E-state index in [0.717, 1.165) is 0 Å². The molecule has 0 fully saturated rings. The Bertz CT molecular complexity index is 460. The number of nitrogens with zero attached hydrogens (tertiary/aromatic N) is 3. The summed E-state index contributed by atoms with van der Waals surface area (Å²) in [6, 6.07) is 7.46. The number of pyridine rings is 1. The summed E-state index contributed by atoms with van der Waals surface area (Å²) >= 11 is 0. The van der Waals surface area contributed by atoms with Crippen LogP contribution in [0.4, 0.5) is 0 Å². The van der Waals surface area contributed by atoms with E-state index in [2.05, 4.69) is 23.8 Å². The Morgan fingerprint density at radius 3 is 2.94 bits per heavy atom. The standard InChI is InChI=1S/C12H13N3O/c1-8(2)11-7-16-12(15-11)10-5-3-4-9(6-13)14-10/h3-5,8,11H,7H2,1-2H3/t11-/m1/s1. The van der Waals surface area contributed by atoms with Crippen LogP contribution in [-0.2, 0) is 4.74 Å². The van der Waals surface area contributed by atoms with Gasteiger partial charge in [0.2, 0.25) is 5.90 Å². The molecule has 0 unspecified atom stereocenters. The predicted octanol–water partition coefficient (Wildman–Crippen LogP) is 1.75. The van der Waals surface area contributed by atoms with Gasteiger partial charge in [-0.2, -0.15) is 5.26 Å². The van der Waals surface area contributed by atoms with Crippen molar-refractivity contribution in [2.75, 3.05) is 6.61 Å². The minimum absolute atomic E-state index is 0.197. The molecule has 1 aromatic heterocycles. The summed E-state index contributed by atoms with van der Waals surface area (Å²) in [6.45, 7) is 4.82. The minimum atomic E-state index is 0.197. The van der Waals surface area contributed by atoms with E-state index in [4.69, 9.17) is 10.00 Å². The smallest absolute Gasteiger partial charge is 0.235 e. The summed E-state index contributed by atoms with van der Waals surface area (Å²) in [5, 5.41) is 8.75. The number of aliphatic imine (C=N–C) groups is 1. The number of hydrogen-bond acceptors (Lipinski definition) is 4. The zero-order valence-electron chi connectivity index (χ0n) is 9.34. The Kier molecular flexibility index (Phi) is 2.86. The van der Waals surface area contributed by atoms with E-state index < -0.39 is 0 Å². The van der Waals surface area contributed by atoms with Crippen molar-refractivity contribution in [2.45, 2.75) is 19.9 Å². The Hall–Kier alpha value is -1.89. The summed E-state index contributed by atoms with van der Waals surface area (Å²) < 4.78 is 5.49. The normalized spacial score (nSPS) is 19.1. The molecule has 0 aliphatic carbocycles. The topological polar surface area (TPSA) is 58.3 Å². The molecule has 0 radical (unpaired) electrons. The van der Waals surface area contributed by atoms with Crippen LogP contribution in [0.2, 0.25) is 0 Å². The number of ether oxygens (including phenoxy) is 1. The van der Waals surface area contributed by atoms with Crippen LogP contribution in [0.3, 0.4) is 0 Å². The van der Waals surface area contributed by atoms with Crippen LogP contribution >= 0.6 is 0 Å². The third kappa shape index (κ3) is 2.03. The SMILES string of the molecule is CC(C)[C@H]1COC(c2cccc(C#N)n2)=N1. The zero-order chi connectivity index (χ0) is 11.5. The van der Waals surface area contributed by atoms with Gasteiger partial charge < -0.3 is 4.74 Å². The van der Waals surface area contributed by atoms with Gasteiger partial charge in [-0.3, -0.25) is 0 Å². The second-order valence-corrected chi connectivity index (χ2v) is 4.08. The van der Waals surface area contributed by atoms with Crippen LogP contribution in [0.25, 0.3) is 0 Å². The summed E-state index contributed by atoms with van der Waals surface area (Å²) in [5.41, 5.74) is 1.03. The quantitative estimate of drug-likeness (QED) is 0.755. The van der Waals surface area contributed by atoms with Gasteiger partial charge in [0, 0.05) is 0 Å². The molecule has 2 rings (SSSR count). The lowest BCUT2D eigenvalue weighted by atomic mass is 10.1. The van der Waals surface area contributed by atoms with Crippen LogP contribution in [0, 0.1) is 17.2 Å². The van der Waals surface area contributed by atoms with Crippen LogP contribution in [0.15, 0.2) is 23.2 Å². The van der Waals surface area contributed by atoms with Crippen molar-refractivity contribution in [3.8, 4) is 6.07 Å². The highest BCUT2D eigenvalue weighted by Gasteiger charge is 2.23. The average molecular weight is 215 g/mol. The molecule has 0 saturated carbocycles. The lowest BCUT2D eigenvalue weighted by molar-refractivity contribution is 0.291. The number of hydrogen-bond donors (Lipinski definition) is 0. The fourth-order valence-electron chi connectivity index (χ4n) is 1.49. The molecule has 4 heteroatoms. The number of aromatic nitrogens is 1. The molecular formula is C12H13N3O. The van der Waals surface area contributed by atoms with Crippen molar-refractivity contribution >= 4 is 5.90 Å². The van der Waals surface area contributed by atoms with E-state index in [-0.39, 0.29) is 6.04 Å². The summed E-state index contributed by atoms with van der Waals surface area (Å²) in [5.74, 6) is 1.01. The molecule has 0 aromatic carbocycles. The van der Waals surface area contributed by atoms with Gasteiger partial charge in [-0.05, 0) is 18.1 Å². The van der Waals surface area contributed by atoms with Crippen LogP contribution < -0.4 is 0 Å². The molecule has 2 heterocycles. The van der Waals surface area contributed by atoms with Crippen LogP contribution in [0.1, 0.15) is 25.2 Å². The molecule has 4 nitrogen and oxygen atoms in total. The highest BCUT2D eigenvalue weighted by Crippen LogP contribution is 2.16. The molecular weight excluding hydrogens is 202 g/mol. The van der Waals surface area contributed by atoms with Crippen LogP contribution in [-0.4, -0.2) is 23.5 Å². The first-order valence-electron chi connectivity index (χ1n) is 5.29. The molecule has 0 N–H and O–H groups in total. The van der Waals surface area contributed by atoms with Gasteiger partial charge in [0.15, 0.2) is 0 Å². The van der Waals surface area contributed by atoms with Gasteiger partial charge >= 0.3 is 0 Å². The van der Waals surface area contributed by atoms with Crippen molar-refractivity contribution in [2.24, 2.45) is 10.9 Å². The minimum Gasteiger partial charge on any atom is -0.474 e. The second kappa shape index (κ2) is 4.31. The van der Waals surface area contributed by atoms with Gasteiger partial charge in [0.05, 0.1) is 6.04 Å². The Balaban J connectivity index is 2.26. The molecule has 0 amide bonds. The maximum Gasteiger partial charge on any atom is 0.235 e. The van der Waals surface area contributed by atoms with Gasteiger partial charge in [-0.15, -0.1) is 0 Å². The molecule has 1 aliphatic heterocycles. The molecule has 1 aromatic rings. The first kappa shape index (κ1) is 10.6. The van der Waals surface area contributed by atoms with E-state index in [1.807, 2.05) is 12.1 Å². The lowest BCUT2D eigenvalue weighted by Gasteiger charge is -2.06. The Morgan fingerprint density at radius 2 is 2.31 bits per heavy atom. The molecule has 1 atom stereocenters. The first-order valence-corrected chi connectivity index (χ1v) is 5.29. The second-order valence-electron chi connectivity index (χ2n) is 4.08. The van der Waals surface area contributed by atoms with Crippen molar-refractivity contribution in [1.29, 1.82) is 5.26 Å². The third-order valence-corrected chi connectivity index (χ3v) is 2.53. The fraction of sp³-hybridized carbons (Fsp3) is 0.417. The van der Waals surface area contributed by atoms with E-state index >= 15 is 0 Å². The van der Waals surface area contributed by atoms with Gasteiger partial charge in [0.25, 0.3) is 0 Å². The summed E-state index contributed by atoms with van der Waals surface area (Å²) in [7, 11) is 0. The largest absolute Gasteiger partial charge is 0.474 e. The van der Waals surface area contributed by atoms with Crippen molar-refractivity contribution in [1.82, 2.24) is 4.98 Å². The predicted molar refractivity (Wildman–Crippen MR) is 60.1 cm³/mol. The third-order valence-electron chi connectivity index (χ3n) is 2.53. The highest BCUT2D eigenvalue weighted by atomic mass is 16.5. The average Bonchev–Trinajstić information content (AvgIpc) is 2.78. The van der Waals surface area contributed by atoms with Crippen molar-refractivity contribution in [3.05, 3.63) is 29.6 Å². The van der Waals surface area contributed by atoms with Crippen molar-refractivity contribution in [3.63, 3.8) is 0 Å². The summed E-state index contributed by atoms with van der Waals surface area (Å²) in [6.07, 6.45) is 0. The van der Waals surface area contributed by atoms with Crippen molar-refractivity contribution < 1.29 is 4.74 Å². The molecule has 0 bridgehead atoms. The highest BCUT2D eigenvalue weighted by molar-refractivity contribution is 5.93. The zero-order valence-corrected chi connectivity index (χ0v) is 9.34. The van der Waals surface area contributed by atoms with E-state index in [1.54, 1.807) is 12.1 Å². The molecule has 0 saturated heterocycles. The molecule has 82 valence electrons. The Labute approximate surface area is 94.6 Å². The fourth-order valence-corrected chi connectivity index (χ4v) is 1.49. The molecule has 1 aliphatic rings. The molecule has 0 spiro atoms. The first-order chi connectivity index (χ1) is 7.70. The Morgan fingerprint density at radius 1 is 1.50 bits per heavy atom. The van der Waals surface area contributed by atoms with Gasteiger partial charge in [-0.25, -0.2) is 9.98 Å². The molecule has 16 heavy (non-hydrogen) atoms. The van der Waals surface area contributed by atoms with Gasteiger partial charge in [0.1, 0.15) is 24.1 Å². The van der Waals surface area contributed by atoms with E-state index in [0.29, 0.717) is 29.8 Å². The number of rotatable bonds is 2. The van der Waals surface area contributed by atoms with Gasteiger partial charge in [-0.1, -0.05) is 19.9 Å². The maximum absolute atomic E-state index is 8.75. The van der Waals surface area contributed by atoms with E-state index in [9.17, 15) is 0 Å². The number of nitriles is 1. The van der Waals surface area contributed by atoms with E-state index in [1.165, 1.54) is 0 Å². The lowest BCUT2D eigenvalue weighted by Crippen LogP contribution is -2.13. The summed E-state index contributed by atoms with van der Waals surface area (Å²) in [4.78, 5) is 8.61. The van der Waals surface area contributed by atoms with Crippen LogP contribution in [0.5, 0.6) is 0 Å².